The van der Waals surface area contributed by atoms with E-state index >= 15 is 0 Å². The lowest BCUT2D eigenvalue weighted by Gasteiger charge is -2.27. The van der Waals surface area contributed by atoms with E-state index in [9.17, 15) is 48.6 Å². The van der Waals surface area contributed by atoms with Gasteiger partial charge in [0.15, 0.2) is 0 Å². The highest BCUT2D eigenvalue weighted by atomic mass is 32.2. The van der Waals surface area contributed by atoms with Crippen LogP contribution in [0.5, 0.6) is 0 Å². The van der Waals surface area contributed by atoms with Gasteiger partial charge in [-0.15, -0.1) is 0 Å². The Labute approximate surface area is 522 Å². The fourth-order valence-corrected chi connectivity index (χ4v) is 10.8. The van der Waals surface area contributed by atoms with Crippen molar-refractivity contribution in [2.45, 2.75) is 294 Å². The van der Waals surface area contributed by atoms with Crippen molar-refractivity contribution in [2.75, 3.05) is 57.4 Å². The maximum atomic E-state index is 14.2. The molecule has 0 aliphatic carbocycles. The molecule has 0 spiro atoms. The number of nitrogens with one attached hydrogen (secondary N) is 7. The number of aliphatic hydroxyl groups is 1. The number of alkyl carbamates (subject to hydrolysis) is 1. The fraction of sp³-hybridized carbons (Fsp3) is 0.873. The first-order valence-corrected chi connectivity index (χ1v) is 34.8. The molecule has 0 rings (SSSR count). The van der Waals surface area contributed by atoms with Gasteiger partial charge in [0.25, 0.3) is 0 Å². The number of nitrogens with two attached hydrogens (primary N) is 4. The van der Waals surface area contributed by atoms with E-state index in [0.717, 1.165) is 44.9 Å². The smallest absolute Gasteiger partial charge is 0.407 e. The van der Waals surface area contributed by atoms with E-state index < -0.39 is 84.5 Å². The van der Waals surface area contributed by atoms with Crippen LogP contribution in [0.15, 0.2) is 0 Å². The number of rotatable bonds is 61. The Balaban J connectivity index is 5.97. The van der Waals surface area contributed by atoms with Gasteiger partial charge < -0.3 is 75.1 Å². The SMILES string of the molecule is CCCCCCCCCCCCCCCC(=O)N[C@@H](CSCCNC(=O)OCCCCCCCCCCCCCC)C(=O)N[C@H](CO)C(=O)N[C@@H](CCCCN)C(=O)N[C@@H](CCCCN)C(=O)N[C@@H](CCCCN)C(=O)N[C@@H](CCCCN)C(=O)O. The zero-order chi connectivity index (χ0) is 63.7. The molecule has 0 aromatic rings. The van der Waals surface area contributed by atoms with E-state index in [2.05, 4.69) is 51.1 Å². The normalized spacial score (nSPS) is 13.3. The fourth-order valence-electron chi connectivity index (χ4n) is 9.93. The summed E-state index contributed by atoms with van der Waals surface area (Å²) < 4.78 is 5.38. The minimum Gasteiger partial charge on any atom is -0.480 e. The van der Waals surface area contributed by atoms with Crippen LogP contribution < -0.4 is 60.2 Å². The van der Waals surface area contributed by atoms with Gasteiger partial charge in [-0.05, 0) is 116 Å². The van der Waals surface area contributed by atoms with Crippen LogP contribution in [0.4, 0.5) is 4.79 Å². The van der Waals surface area contributed by atoms with Crippen molar-refractivity contribution in [3.05, 3.63) is 0 Å². The third-order valence-corrected chi connectivity index (χ3v) is 16.4. The van der Waals surface area contributed by atoms with Gasteiger partial charge >= 0.3 is 12.1 Å². The van der Waals surface area contributed by atoms with Gasteiger partial charge in [0, 0.05) is 24.5 Å². The van der Waals surface area contributed by atoms with E-state index in [1.54, 1.807) is 0 Å². The summed E-state index contributed by atoms with van der Waals surface area (Å²) in [7, 11) is 0. The summed E-state index contributed by atoms with van der Waals surface area (Å²) in [5.74, 6) is -4.94. The van der Waals surface area contributed by atoms with Gasteiger partial charge in [-0.2, -0.15) is 11.8 Å². The van der Waals surface area contributed by atoms with Gasteiger partial charge in [-0.3, -0.25) is 28.8 Å². The second-order valence-electron chi connectivity index (χ2n) is 23.1. The highest BCUT2D eigenvalue weighted by Crippen LogP contribution is 2.16. The number of unbranched alkanes of at least 4 members (excludes halogenated alkanes) is 27. The van der Waals surface area contributed by atoms with Gasteiger partial charge in [-0.25, -0.2) is 9.59 Å². The Morgan fingerprint density at radius 2 is 0.721 bits per heavy atom. The Bertz CT molecular complexity index is 1760. The lowest BCUT2D eigenvalue weighted by Crippen LogP contribution is -2.60. The maximum absolute atomic E-state index is 14.2. The summed E-state index contributed by atoms with van der Waals surface area (Å²) in [4.78, 5) is 108. The standard InChI is InChI=1S/C63H123N11O11S/c1-3-5-7-9-11-13-15-17-18-20-22-24-26-40-56(76)69-55(49-86-47-45-68-63(84)85-46-35-25-23-21-19-16-14-12-10-8-6-4-2)61(81)74-54(48-75)60(80)72-51(37-28-32-42-65)58(78)70-50(36-27-31-41-64)57(77)71-52(38-29-33-43-66)59(79)73-53(62(82)83)39-30-34-44-67/h50-55,75H,3-49,64-67H2,1-2H3,(H,68,84)(H,69,76)(H,70,78)(H,71,77)(H,72,80)(H,73,79)(H,74,81)(H,82,83)/t50-,51-,52-,53-,54+,55-/m0/s1. The van der Waals surface area contributed by atoms with Crippen LogP contribution in [0.3, 0.4) is 0 Å². The number of carbonyl (C=O) groups excluding carboxylic acids is 7. The lowest BCUT2D eigenvalue weighted by molar-refractivity contribution is -0.142. The first kappa shape index (κ1) is 81.7. The predicted molar refractivity (Wildman–Crippen MR) is 346 cm³/mol. The van der Waals surface area contributed by atoms with Crippen LogP contribution in [0.2, 0.25) is 0 Å². The molecule has 0 radical (unpaired) electrons. The molecular formula is C63H123N11O11S. The average Bonchev–Trinajstić information content (AvgIpc) is 3.65. The van der Waals surface area contributed by atoms with E-state index in [1.807, 2.05) is 0 Å². The number of ether oxygens (including phenoxy) is 1. The second kappa shape index (κ2) is 58.4. The van der Waals surface area contributed by atoms with Crippen molar-refractivity contribution >= 4 is 59.3 Å². The minimum absolute atomic E-state index is 0.0678. The molecule has 0 aromatic carbocycles. The van der Waals surface area contributed by atoms with Crippen LogP contribution in [0, 0.1) is 0 Å². The third kappa shape index (κ3) is 45.9. The molecule has 0 saturated heterocycles. The van der Waals surface area contributed by atoms with Gasteiger partial charge in [0.1, 0.15) is 36.3 Å². The number of amides is 7. The topological polar surface area (TPSA) is 375 Å². The van der Waals surface area contributed by atoms with Crippen molar-refractivity contribution in [1.29, 1.82) is 0 Å². The molecule has 23 heteroatoms. The highest BCUT2D eigenvalue weighted by molar-refractivity contribution is 7.99. The molecule has 0 bridgehead atoms. The first-order chi connectivity index (χ1) is 41.7. The molecule has 0 aliphatic heterocycles. The van der Waals surface area contributed by atoms with E-state index in [0.29, 0.717) is 89.8 Å². The molecule has 6 atom stereocenters. The van der Waals surface area contributed by atoms with Crippen molar-refractivity contribution in [2.24, 2.45) is 22.9 Å². The van der Waals surface area contributed by atoms with Crippen LogP contribution in [0.1, 0.15) is 258 Å². The van der Waals surface area contributed by atoms with Crippen molar-refractivity contribution in [1.82, 2.24) is 37.2 Å². The quantitative estimate of drug-likeness (QED) is 0.0269. The largest absolute Gasteiger partial charge is 0.480 e. The summed E-state index contributed by atoms with van der Waals surface area (Å²) in [6, 6.07) is -7.56. The summed E-state index contributed by atoms with van der Waals surface area (Å²) in [6.45, 7) is 5.42. The third-order valence-electron chi connectivity index (χ3n) is 15.3. The van der Waals surface area contributed by atoms with Crippen LogP contribution in [0.25, 0.3) is 0 Å². The molecule has 502 valence electrons. The summed E-state index contributed by atoms with van der Waals surface area (Å²) in [5.41, 5.74) is 22.9. The van der Waals surface area contributed by atoms with Crippen molar-refractivity contribution in [3.8, 4) is 0 Å². The molecule has 22 nitrogen and oxygen atoms in total. The van der Waals surface area contributed by atoms with Crippen molar-refractivity contribution < 1.29 is 53.3 Å². The Kier molecular flexibility index (Phi) is 55.5. The molecule has 7 amide bonds. The molecular weight excluding hydrogens is 1120 g/mol. The van der Waals surface area contributed by atoms with E-state index in [1.165, 1.54) is 121 Å². The summed E-state index contributed by atoms with van der Waals surface area (Å²) in [6.07, 6.45) is 33.2. The van der Waals surface area contributed by atoms with Gasteiger partial charge in [0.05, 0.1) is 13.2 Å². The number of aliphatic hydroxyl groups excluding tert-OH is 1. The molecule has 0 heterocycles. The number of carboxylic acid groups (broad SMARTS) is 1. The molecule has 0 fully saturated rings. The number of hydrogen-bond acceptors (Lipinski definition) is 15. The Morgan fingerprint density at radius 1 is 0.395 bits per heavy atom. The average molecular weight is 1240 g/mol. The van der Waals surface area contributed by atoms with E-state index in [-0.39, 0.29) is 56.9 Å². The molecule has 0 aromatic heterocycles. The van der Waals surface area contributed by atoms with Crippen molar-refractivity contribution in [3.63, 3.8) is 0 Å². The maximum Gasteiger partial charge on any atom is 0.407 e. The minimum atomic E-state index is -1.55. The highest BCUT2D eigenvalue weighted by Gasteiger charge is 2.33. The number of hydrogen-bond donors (Lipinski definition) is 13. The second-order valence-corrected chi connectivity index (χ2v) is 24.3. The molecule has 86 heavy (non-hydrogen) atoms. The first-order valence-electron chi connectivity index (χ1n) is 33.7. The Morgan fingerprint density at radius 3 is 1.09 bits per heavy atom. The summed E-state index contributed by atoms with van der Waals surface area (Å²) >= 11 is 1.30. The molecule has 0 saturated carbocycles. The summed E-state index contributed by atoms with van der Waals surface area (Å²) in [5, 5.41) is 39.1. The zero-order valence-electron chi connectivity index (χ0n) is 53.5. The molecule has 17 N–H and O–H groups in total. The van der Waals surface area contributed by atoms with E-state index in [4.69, 9.17) is 27.7 Å². The lowest BCUT2D eigenvalue weighted by atomic mass is 10.0. The number of aliphatic carboxylic acids is 1. The van der Waals surface area contributed by atoms with Gasteiger partial charge in [-0.1, -0.05) is 162 Å². The number of carbonyl (C=O) groups is 8. The number of carboxylic acids is 1. The monoisotopic (exact) mass is 1240 g/mol. The van der Waals surface area contributed by atoms with Crippen LogP contribution in [-0.2, 0) is 38.3 Å². The number of thioether (sulfide) groups is 1. The van der Waals surface area contributed by atoms with Crippen LogP contribution >= 0.6 is 11.8 Å². The van der Waals surface area contributed by atoms with Crippen LogP contribution in [-0.4, -0.2) is 151 Å². The molecule has 0 aliphatic rings. The molecule has 0 unspecified atom stereocenters. The zero-order valence-corrected chi connectivity index (χ0v) is 54.3. The Hall–Kier alpha value is -4.29. The van der Waals surface area contributed by atoms with Gasteiger partial charge in [0.2, 0.25) is 35.4 Å². The predicted octanol–water partition coefficient (Wildman–Crippen LogP) is 7.13.